The molecule has 4 aromatic carbocycles. The van der Waals surface area contributed by atoms with Crippen LogP contribution in [-0.2, 0) is 20.9 Å². The van der Waals surface area contributed by atoms with E-state index in [2.05, 4.69) is 0 Å². The normalized spacial score (nSPS) is 11.5. The van der Waals surface area contributed by atoms with Gasteiger partial charge in [-0.25, -0.2) is 0 Å². The van der Waals surface area contributed by atoms with E-state index in [1.54, 1.807) is 31.4 Å². The molecule has 0 aliphatic carbocycles. The van der Waals surface area contributed by atoms with Crippen molar-refractivity contribution >= 4 is 22.8 Å². The lowest BCUT2D eigenvalue weighted by molar-refractivity contribution is -0.150. The van der Waals surface area contributed by atoms with Crippen LogP contribution in [0.3, 0.4) is 0 Å². The summed E-state index contributed by atoms with van der Waals surface area (Å²) in [7, 11) is 1.62. The second kappa shape index (κ2) is 12.0. The Morgan fingerprint density at radius 1 is 0.694 bits per heavy atom. The van der Waals surface area contributed by atoms with Crippen LogP contribution in [-0.4, -0.2) is 18.3 Å². The largest absolute Gasteiger partial charge is 0.497 e. The van der Waals surface area contributed by atoms with E-state index in [-0.39, 0.29) is 0 Å². The van der Waals surface area contributed by atoms with Gasteiger partial charge < -0.3 is 14.2 Å². The second-order valence-corrected chi connectivity index (χ2v) is 8.45. The zero-order valence-corrected chi connectivity index (χ0v) is 20.4. The molecule has 1 unspecified atom stereocenters. The third-order valence-corrected chi connectivity index (χ3v) is 5.90. The summed E-state index contributed by atoms with van der Waals surface area (Å²) in [6.45, 7) is 0.360. The summed E-state index contributed by atoms with van der Waals surface area (Å²) in [5, 5.41) is -0.813. The maximum Gasteiger partial charge on any atom is 0.323 e. The summed E-state index contributed by atoms with van der Waals surface area (Å²) in [4.78, 5) is 25.5. The minimum atomic E-state index is -1.27. The zero-order chi connectivity index (χ0) is 25.3. The summed E-state index contributed by atoms with van der Waals surface area (Å²) in [5.74, 6) is -0.625. The predicted molar refractivity (Wildman–Crippen MR) is 138 cm³/mol. The Balaban J connectivity index is 1.49. The van der Waals surface area contributed by atoms with Gasteiger partial charge >= 0.3 is 5.97 Å². The van der Waals surface area contributed by atoms with Gasteiger partial charge in [0.1, 0.15) is 18.1 Å². The van der Waals surface area contributed by atoms with E-state index >= 15 is 0 Å². The van der Waals surface area contributed by atoms with Gasteiger partial charge in [-0.15, -0.1) is 0 Å². The molecule has 0 aliphatic heterocycles. The summed E-state index contributed by atoms with van der Waals surface area (Å²) >= 11 is 5.87. The number of hydrogen-bond donors (Lipinski definition) is 0. The van der Waals surface area contributed by atoms with Gasteiger partial charge in [-0.3, -0.25) is 9.59 Å². The first-order valence-electron chi connectivity index (χ1n) is 11.4. The fraction of sp³-hybridized carbons (Fsp3) is 0.133. The highest BCUT2D eigenvalue weighted by Crippen LogP contribution is 2.30. The number of esters is 1. The van der Waals surface area contributed by atoms with Crippen molar-refractivity contribution in [3.8, 4) is 11.5 Å². The van der Waals surface area contributed by atoms with E-state index in [9.17, 15) is 9.59 Å². The average Bonchev–Trinajstić information content (AvgIpc) is 2.92. The van der Waals surface area contributed by atoms with Crippen LogP contribution in [0.25, 0.3) is 0 Å². The quantitative estimate of drug-likeness (QED) is 0.142. The summed E-state index contributed by atoms with van der Waals surface area (Å²) in [5.41, 5.74) is 2.99. The highest BCUT2D eigenvalue weighted by molar-refractivity contribution is 6.66. The Labute approximate surface area is 215 Å². The first kappa shape index (κ1) is 25.0. The lowest BCUT2D eigenvalue weighted by Gasteiger charge is -2.21. The van der Waals surface area contributed by atoms with Crippen LogP contribution >= 0.6 is 11.6 Å². The molecule has 6 heteroatoms. The van der Waals surface area contributed by atoms with Crippen molar-refractivity contribution in [2.75, 3.05) is 7.11 Å². The number of hydrogen-bond acceptors (Lipinski definition) is 5. The third kappa shape index (κ3) is 6.32. The Bertz CT molecular complexity index is 1230. The molecule has 0 heterocycles. The standard InChI is InChI=1S/C30H25ClO5/c1-34-25-16-12-21(13-17-25)20-35-26-18-14-22(15-19-26)27(29(31)32)30(33)36-28(23-8-4-2-5-9-23)24-10-6-3-7-11-24/h2-19,27-28H,20H2,1H3. The van der Waals surface area contributed by atoms with E-state index in [1.807, 2.05) is 84.9 Å². The molecule has 0 N–H and O–H groups in total. The van der Waals surface area contributed by atoms with Crippen LogP contribution in [0.4, 0.5) is 0 Å². The molecule has 0 saturated heterocycles. The van der Waals surface area contributed by atoms with Crippen LogP contribution < -0.4 is 9.47 Å². The monoisotopic (exact) mass is 500 g/mol. The molecule has 0 saturated carbocycles. The van der Waals surface area contributed by atoms with Crippen LogP contribution in [0, 0.1) is 0 Å². The minimum absolute atomic E-state index is 0.360. The Hall–Kier alpha value is -4.09. The number of methoxy groups -OCH3 is 1. The topological polar surface area (TPSA) is 61.8 Å². The first-order valence-corrected chi connectivity index (χ1v) is 11.8. The van der Waals surface area contributed by atoms with Crippen molar-refractivity contribution in [2.45, 2.75) is 18.6 Å². The number of benzene rings is 4. The minimum Gasteiger partial charge on any atom is -0.497 e. The Morgan fingerprint density at radius 3 is 1.72 bits per heavy atom. The SMILES string of the molecule is COc1ccc(COc2ccc(C(C(=O)Cl)C(=O)OC(c3ccccc3)c3ccccc3)cc2)cc1. The maximum atomic E-state index is 13.2. The van der Waals surface area contributed by atoms with E-state index in [1.165, 1.54) is 0 Å². The maximum absolute atomic E-state index is 13.2. The second-order valence-electron chi connectivity index (χ2n) is 8.08. The molecule has 0 amide bonds. The van der Waals surface area contributed by atoms with Gasteiger partial charge in [0.25, 0.3) is 0 Å². The summed E-state index contributed by atoms with van der Waals surface area (Å²) in [6.07, 6.45) is -0.675. The molecule has 182 valence electrons. The molecule has 1 atom stereocenters. The van der Waals surface area contributed by atoms with Crippen molar-refractivity contribution in [1.82, 2.24) is 0 Å². The molecule has 0 aromatic heterocycles. The van der Waals surface area contributed by atoms with Crippen LogP contribution in [0.5, 0.6) is 11.5 Å². The van der Waals surface area contributed by atoms with Gasteiger partial charge in [0.05, 0.1) is 7.11 Å². The van der Waals surface area contributed by atoms with Gasteiger partial charge in [0.2, 0.25) is 5.24 Å². The molecule has 4 rings (SSSR count). The molecule has 0 radical (unpaired) electrons. The van der Waals surface area contributed by atoms with Gasteiger partial charge in [0, 0.05) is 0 Å². The van der Waals surface area contributed by atoms with Gasteiger partial charge in [-0.2, -0.15) is 0 Å². The van der Waals surface area contributed by atoms with Gasteiger partial charge in [-0.05, 0) is 58.1 Å². The summed E-state index contributed by atoms with van der Waals surface area (Å²) in [6, 6.07) is 33.0. The number of ether oxygens (including phenoxy) is 3. The van der Waals surface area contributed by atoms with Gasteiger partial charge in [0.15, 0.2) is 12.0 Å². The molecule has 0 bridgehead atoms. The molecule has 36 heavy (non-hydrogen) atoms. The van der Waals surface area contributed by atoms with E-state index in [0.717, 1.165) is 22.4 Å². The fourth-order valence-corrected chi connectivity index (χ4v) is 3.99. The van der Waals surface area contributed by atoms with E-state index < -0.39 is 23.2 Å². The third-order valence-electron chi connectivity index (χ3n) is 5.68. The Morgan fingerprint density at radius 2 is 1.22 bits per heavy atom. The average molecular weight is 501 g/mol. The van der Waals surface area contributed by atoms with E-state index in [0.29, 0.717) is 17.9 Å². The summed E-state index contributed by atoms with van der Waals surface area (Å²) < 4.78 is 16.9. The van der Waals surface area contributed by atoms with Crippen LogP contribution in [0.15, 0.2) is 109 Å². The lowest BCUT2D eigenvalue weighted by atomic mass is 9.98. The lowest BCUT2D eigenvalue weighted by Crippen LogP contribution is -2.23. The van der Waals surface area contributed by atoms with Crippen molar-refractivity contribution in [1.29, 1.82) is 0 Å². The molecular weight excluding hydrogens is 476 g/mol. The molecule has 4 aromatic rings. The highest BCUT2D eigenvalue weighted by Gasteiger charge is 2.31. The molecule has 5 nitrogen and oxygen atoms in total. The molecular formula is C30H25ClO5. The molecule has 0 fully saturated rings. The van der Waals surface area contributed by atoms with Crippen LogP contribution in [0.1, 0.15) is 34.3 Å². The molecule has 0 spiro atoms. The first-order chi connectivity index (χ1) is 17.5. The van der Waals surface area contributed by atoms with Crippen molar-refractivity contribution in [3.05, 3.63) is 131 Å². The van der Waals surface area contributed by atoms with Crippen molar-refractivity contribution < 1.29 is 23.8 Å². The van der Waals surface area contributed by atoms with Crippen LogP contribution in [0.2, 0.25) is 0 Å². The predicted octanol–water partition coefficient (Wildman–Crippen LogP) is 6.46. The van der Waals surface area contributed by atoms with Gasteiger partial charge in [-0.1, -0.05) is 84.9 Å². The van der Waals surface area contributed by atoms with E-state index in [4.69, 9.17) is 25.8 Å². The smallest absolute Gasteiger partial charge is 0.323 e. The fourth-order valence-electron chi connectivity index (χ4n) is 3.77. The number of carbonyl (C=O) groups is 2. The molecule has 0 aliphatic rings. The van der Waals surface area contributed by atoms with Crippen molar-refractivity contribution in [3.63, 3.8) is 0 Å². The number of rotatable bonds is 10. The Kier molecular flexibility index (Phi) is 8.37. The van der Waals surface area contributed by atoms with Crippen molar-refractivity contribution in [2.24, 2.45) is 0 Å². The number of halogens is 1. The zero-order valence-electron chi connectivity index (χ0n) is 19.7. The number of carbonyl (C=O) groups excluding carboxylic acids is 2. The highest BCUT2D eigenvalue weighted by atomic mass is 35.5.